The largest absolute Gasteiger partial charge is 0.501 e. The maximum absolute atomic E-state index is 11.0. The Morgan fingerprint density at radius 2 is 2.29 bits per heavy atom. The second-order valence-corrected chi connectivity index (χ2v) is 5.69. The first-order valence-corrected chi connectivity index (χ1v) is 7.52. The van der Waals surface area contributed by atoms with Gasteiger partial charge in [0.15, 0.2) is 6.04 Å². The molecule has 5 nitrogen and oxygen atoms in total. The first-order valence-electron chi connectivity index (χ1n) is 6.53. The number of carbonyl (C=O) groups is 1. The van der Waals surface area contributed by atoms with Gasteiger partial charge in [0, 0.05) is 12.2 Å². The van der Waals surface area contributed by atoms with Gasteiger partial charge in [0.1, 0.15) is 5.04 Å². The second-order valence-electron chi connectivity index (χ2n) is 4.68. The fourth-order valence-electron chi connectivity index (χ4n) is 2.15. The fraction of sp³-hybridized carbons (Fsp3) is 0.267. The molecule has 1 aromatic rings. The normalized spacial score (nSPS) is 20.3. The number of aliphatic imine (C=N–C) groups is 1. The number of allylic oxidation sites excluding steroid dienone is 2. The lowest BCUT2D eigenvalue weighted by Crippen LogP contribution is -2.29. The summed E-state index contributed by atoms with van der Waals surface area (Å²) in [6, 6.07) is 3.20. The number of hydrogen-bond donors (Lipinski definition) is 1. The molecule has 2 aliphatic rings. The summed E-state index contributed by atoms with van der Waals surface area (Å²) < 4.78 is 5.25. The van der Waals surface area contributed by atoms with E-state index < -0.39 is 12.0 Å². The van der Waals surface area contributed by atoms with Crippen LogP contribution >= 0.6 is 11.8 Å². The molecule has 3 rings (SSSR count). The zero-order valence-corrected chi connectivity index (χ0v) is 12.3. The zero-order chi connectivity index (χ0) is 14.8. The molecule has 0 amide bonds. The minimum Gasteiger partial charge on any atom is -0.501 e. The molecule has 108 valence electrons. The number of thioether (sulfide) groups is 1. The van der Waals surface area contributed by atoms with Gasteiger partial charge in [-0.05, 0) is 23.4 Å². The molecule has 6 heteroatoms. The number of nitrogens with zero attached hydrogens (tertiary/aromatic N) is 2. The second kappa shape index (κ2) is 5.73. The molecule has 2 heterocycles. The maximum atomic E-state index is 11.0. The van der Waals surface area contributed by atoms with E-state index in [0.29, 0.717) is 10.8 Å². The van der Waals surface area contributed by atoms with Crippen LogP contribution in [0.5, 0.6) is 0 Å². The third-order valence-corrected chi connectivity index (χ3v) is 4.40. The van der Waals surface area contributed by atoms with Crippen molar-refractivity contribution in [3.05, 3.63) is 40.2 Å². The molecule has 0 aromatic carbocycles. The highest BCUT2D eigenvalue weighted by Crippen LogP contribution is 2.21. The van der Waals surface area contributed by atoms with E-state index in [-0.39, 0.29) is 0 Å². The van der Waals surface area contributed by atoms with Crippen molar-refractivity contribution in [2.45, 2.75) is 12.5 Å². The molecule has 0 bridgehead atoms. The molecular formula is C15H14N2O3S. The monoisotopic (exact) mass is 302 g/mol. The molecule has 0 spiro atoms. The third kappa shape index (κ3) is 2.85. The highest BCUT2D eigenvalue weighted by molar-refractivity contribution is 8.14. The molecular weight excluding hydrogens is 288 g/mol. The summed E-state index contributed by atoms with van der Waals surface area (Å²) in [4.78, 5) is 19.8. The van der Waals surface area contributed by atoms with Crippen LogP contribution < -0.4 is 10.6 Å². The SMILES string of the molecule is COC1=CC=c2nc(C3=N[C@H](C(=O)O)CS3)ccc2=CC1. The number of hydrogen-bond acceptors (Lipinski definition) is 5. The van der Waals surface area contributed by atoms with E-state index in [4.69, 9.17) is 9.84 Å². The Morgan fingerprint density at radius 3 is 3.00 bits per heavy atom. The van der Waals surface area contributed by atoms with Gasteiger partial charge in [-0.15, -0.1) is 11.8 Å². The molecule has 1 aromatic heterocycles. The number of carboxylic acid groups (broad SMARTS) is 1. The van der Waals surface area contributed by atoms with Crippen LogP contribution in [0.25, 0.3) is 12.2 Å². The minimum absolute atomic E-state index is 0.465. The summed E-state index contributed by atoms with van der Waals surface area (Å²) >= 11 is 1.44. The van der Waals surface area contributed by atoms with Crippen molar-refractivity contribution >= 4 is 34.9 Å². The molecule has 0 unspecified atom stereocenters. The smallest absolute Gasteiger partial charge is 0.329 e. The van der Waals surface area contributed by atoms with Crippen LogP contribution in [0.4, 0.5) is 0 Å². The number of methoxy groups -OCH3 is 1. The van der Waals surface area contributed by atoms with E-state index in [2.05, 4.69) is 16.1 Å². The molecule has 1 N–H and O–H groups in total. The quantitative estimate of drug-likeness (QED) is 0.881. The number of carboxylic acids is 1. The number of ether oxygens (including phenoxy) is 1. The number of aliphatic carboxylic acids is 1. The summed E-state index contributed by atoms with van der Waals surface area (Å²) in [7, 11) is 1.65. The van der Waals surface area contributed by atoms with Gasteiger partial charge in [-0.3, -0.25) is 4.99 Å². The molecule has 21 heavy (non-hydrogen) atoms. The van der Waals surface area contributed by atoms with E-state index in [1.807, 2.05) is 24.3 Å². The molecule has 0 fully saturated rings. The number of aromatic nitrogens is 1. The Morgan fingerprint density at radius 1 is 1.43 bits per heavy atom. The molecule has 1 aliphatic carbocycles. The number of rotatable bonds is 3. The van der Waals surface area contributed by atoms with Gasteiger partial charge in [-0.1, -0.05) is 12.1 Å². The van der Waals surface area contributed by atoms with E-state index in [1.54, 1.807) is 7.11 Å². The van der Waals surface area contributed by atoms with Gasteiger partial charge in [-0.2, -0.15) is 0 Å². The van der Waals surface area contributed by atoms with Crippen LogP contribution in [0.3, 0.4) is 0 Å². The van der Waals surface area contributed by atoms with Crippen LogP contribution in [-0.2, 0) is 9.53 Å². The van der Waals surface area contributed by atoms with Crippen LogP contribution in [0.15, 0.2) is 29.0 Å². The lowest BCUT2D eigenvalue weighted by molar-refractivity contribution is -0.137. The first kappa shape index (κ1) is 13.9. The molecule has 0 saturated heterocycles. The van der Waals surface area contributed by atoms with Crippen molar-refractivity contribution < 1.29 is 14.6 Å². The molecule has 0 saturated carbocycles. The van der Waals surface area contributed by atoms with Crippen LogP contribution in [-0.4, -0.2) is 40.0 Å². The van der Waals surface area contributed by atoms with Gasteiger partial charge in [-0.25, -0.2) is 9.78 Å². The Balaban J connectivity index is 2.00. The molecule has 1 atom stereocenters. The highest BCUT2D eigenvalue weighted by atomic mass is 32.2. The molecule has 1 aliphatic heterocycles. The zero-order valence-electron chi connectivity index (χ0n) is 11.4. The van der Waals surface area contributed by atoms with Crippen LogP contribution in [0.1, 0.15) is 12.1 Å². The van der Waals surface area contributed by atoms with Crippen molar-refractivity contribution in [1.82, 2.24) is 4.98 Å². The van der Waals surface area contributed by atoms with Crippen molar-refractivity contribution in [2.24, 2.45) is 4.99 Å². The average molecular weight is 302 g/mol. The van der Waals surface area contributed by atoms with E-state index in [9.17, 15) is 4.79 Å². The van der Waals surface area contributed by atoms with E-state index in [0.717, 1.165) is 28.4 Å². The summed E-state index contributed by atoms with van der Waals surface area (Å²) in [5.74, 6) is 0.459. The Labute approximate surface area is 125 Å². The number of pyridine rings is 1. The first-order chi connectivity index (χ1) is 10.2. The van der Waals surface area contributed by atoms with Crippen molar-refractivity contribution in [2.75, 3.05) is 12.9 Å². The lowest BCUT2D eigenvalue weighted by atomic mass is 10.2. The van der Waals surface area contributed by atoms with Gasteiger partial charge >= 0.3 is 5.97 Å². The van der Waals surface area contributed by atoms with Gasteiger partial charge in [0.25, 0.3) is 0 Å². The number of fused-ring (bicyclic) bond motifs is 1. The van der Waals surface area contributed by atoms with Crippen LogP contribution in [0.2, 0.25) is 0 Å². The topological polar surface area (TPSA) is 71.8 Å². The predicted octanol–water partition coefficient (Wildman–Crippen LogP) is 0.523. The fourth-order valence-corrected chi connectivity index (χ4v) is 3.15. The van der Waals surface area contributed by atoms with Crippen molar-refractivity contribution in [3.8, 4) is 0 Å². The van der Waals surface area contributed by atoms with Crippen molar-refractivity contribution in [3.63, 3.8) is 0 Å². The summed E-state index contributed by atoms with van der Waals surface area (Å²) in [5.41, 5.74) is 0.724. The summed E-state index contributed by atoms with van der Waals surface area (Å²) in [5, 5.41) is 11.6. The highest BCUT2D eigenvalue weighted by Gasteiger charge is 2.25. The Hall–Kier alpha value is -2.08. The maximum Gasteiger partial charge on any atom is 0.329 e. The predicted molar refractivity (Wildman–Crippen MR) is 82.5 cm³/mol. The van der Waals surface area contributed by atoms with Gasteiger partial charge in [0.2, 0.25) is 0 Å². The standard InChI is InChI=1S/C15H14N2O3S/c1-20-10-4-2-9-3-6-12(16-11(9)7-5-10)14-17-13(8-21-14)15(18)19/h2-3,5-7,13H,4,8H2,1H3,(H,18,19)/t13-/m0/s1. The van der Waals surface area contributed by atoms with Gasteiger partial charge < -0.3 is 9.84 Å². The molecule has 0 radical (unpaired) electrons. The minimum atomic E-state index is -0.889. The summed E-state index contributed by atoms with van der Waals surface area (Å²) in [6.45, 7) is 0. The van der Waals surface area contributed by atoms with E-state index >= 15 is 0 Å². The van der Waals surface area contributed by atoms with Gasteiger partial charge in [0.05, 0.1) is 23.9 Å². The average Bonchev–Trinajstić information content (AvgIpc) is 2.89. The summed E-state index contributed by atoms with van der Waals surface area (Å²) in [6.07, 6.45) is 6.62. The van der Waals surface area contributed by atoms with Crippen LogP contribution in [0, 0.1) is 0 Å². The Bertz CT molecular complexity index is 768. The Kier molecular flexibility index (Phi) is 3.79. The lowest BCUT2D eigenvalue weighted by Gasteiger charge is -1.99. The third-order valence-electron chi connectivity index (χ3n) is 3.33. The van der Waals surface area contributed by atoms with Crippen molar-refractivity contribution in [1.29, 1.82) is 0 Å². The van der Waals surface area contributed by atoms with E-state index in [1.165, 1.54) is 11.8 Å².